The standard InChI is InChI=1S/C10H17N3O/c1-3-5-12-10(14)8-13-6-4-9(7-13)11-2/h1,9,11H,4-8H2,2H3,(H,12,14). The highest BCUT2D eigenvalue weighted by Gasteiger charge is 2.22. The molecule has 0 aromatic rings. The lowest BCUT2D eigenvalue weighted by Crippen LogP contribution is -2.37. The lowest BCUT2D eigenvalue weighted by Gasteiger charge is -2.14. The number of terminal acetylenes is 1. The third kappa shape index (κ3) is 3.36. The van der Waals surface area contributed by atoms with Crippen LogP contribution in [0.15, 0.2) is 0 Å². The molecule has 4 nitrogen and oxygen atoms in total. The van der Waals surface area contributed by atoms with Crippen LogP contribution in [0, 0.1) is 12.3 Å². The Morgan fingerprint density at radius 2 is 2.50 bits per heavy atom. The van der Waals surface area contributed by atoms with Crippen LogP contribution in [0.5, 0.6) is 0 Å². The first kappa shape index (κ1) is 11.0. The van der Waals surface area contributed by atoms with Crippen LogP contribution in [0.1, 0.15) is 6.42 Å². The summed E-state index contributed by atoms with van der Waals surface area (Å²) in [6, 6.07) is 0.524. The topological polar surface area (TPSA) is 44.4 Å². The smallest absolute Gasteiger partial charge is 0.234 e. The first-order valence-corrected chi connectivity index (χ1v) is 4.86. The van der Waals surface area contributed by atoms with Crippen LogP contribution in [0.3, 0.4) is 0 Å². The molecule has 0 aromatic heterocycles. The van der Waals surface area contributed by atoms with Gasteiger partial charge in [0.15, 0.2) is 0 Å². The molecule has 78 valence electrons. The molecule has 14 heavy (non-hydrogen) atoms. The number of likely N-dealkylation sites (N-methyl/N-ethyl adjacent to an activating group) is 1. The molecule has 0 aliphatic carbocycles. The van der Waals surface area contributed by atoms with Gasteiger partial charge in [0.2, 0.25) is 5.91 Å². The number of amides is 1. The zero-order valence-corrected chi connectivity index (χ0v) is 8.55. The number of rotatable bonds is 4. The summed E-state index contributed by atoms with van der Waals surface area (Å²) in [4.78, 5) is 13.4. The SMILES string of the molecule is C#CCNC(=O)CN1CCC(NC)C1. The zero-order valence-electron chi connectivity index (χ0n) is 8.55. The lowest BCUT2D eigenvalue weighted by molar-refractivity contribution is -0.121. The molecule has 1 unspecified atom stereocenters. The number of nitrogens with zero attached hydrogens (tertiary/aromatic N) is 1. The van der Waals surface area contributed by atoms with Crippen molar-refractivity contribution < 1.29 is 4.79 Å². The van der Waals surface area contributed by atoms with Gasteiger partial charge in [0, 0.05) is 19.1 Å². The van der Waals surface area contributed by atoms with Crippen LogP contribution in [-0.4, -0.2) is 50.1 Å². The quantitative estimate of drug-likeness (QED) is 0.567. The van der Waals surface area contributed by atoms with E-state index in [1.54, 1.807) is 0 Å². The summed E-state index contributed by atoms with van der Waals surface area (Å²) in [6.07, 6.45) is 6.15. The number of carbonyl (C=O) groups is 1. The zero-order chi connectivity index (χ0) is 10.4. The molecule has 0 saturated carbocycles. The molecule has 1 atom stereocenters. The summed E-state index contributed by atoms with van der Waals surface area (Å²) in [6.45, 7) is 2.71. The van der Waals surface area contributed by atoms with Gasteiger partial charge in [-0.05, 0) is 13.5 Å². The van der Waals surface area contributed by atoms with Gasteiger partial charge in [-0.3, -0.25) is 9.69 Å². The number of hydrogen-bond acceptors (Lipinski definition) is 3. The lowest BCUT2D eigenvalue weighted by atomic mass is 10.3. The van der Waals surface area contributed by atoms with Crippen molar-refractivity contribution in [2.45, 2.75) is 12.5 Å². The van der Waals surface area contributed by atoms with E-state index in [4.69, 9.17) is 6.42 Å². The second-order valence-electron chi connectivity index (χ2n) is 3.49. The monoisotopic (exact) mass is 195 g/mol. The van der Waals surface area contributed by atoms with E-state index in [0.717, 1.165) is 19.5 Å². The molecule has 0 spiro atoms. The Balaban J connectivity index is 2.19. The van der Waals surface area contributed by atoms with Crippen molar-refractivity contribution in [3.05, 3.63) is 0 Å². The van der Waals surface area contributed by atoms with E-state index in [9.17, 15) is 4.79 Å². The van der Waals surface area contributed by atoms with Crippen molar-refractivity contribution in [2.24, 2.45) is 0 Å². The van der Waals surface area contributed by atoms with Crippen LogP contribution in [-0.2, 0) is 4.79 Å². The van der Waals surface area contributed by atoms with Gasteiger partial charge < -0.3 is 10.6 Å². The fraction of sp³-hybridized carbons (Fsp3) is 0.700. The Bertz CT molecular complexity index is 234. The highest BCUT2D eigenvalue weighted by atomic mass is 16.2. The molecular formula is C10H17N3O. The largest absolute Gasteiger partial charge is 0.344 e. The molecule has 1 aliphatic heterocycles. The van der Waals surface area contributed by atoms with Crippen LogP contribution in [0.4, 0.5) is 0 Å². The Labute approximate surface area is 85.0 Å². The molecule has 1 saturated heterocycles. The van der Waals surface area contributed by atoms with E-state index in [1.165, 1.54) is 0 Å². The second kappa shape index (κ2) is 5.63. The normalized spacial score (nSPS) is 21.9. The van der Waals surface area contributed by atoms with Gasteiger partial charge in [0.1, 0.15) is 0 Å². The van der Waals surface area contributed by atoms with Gasteiger partial charge in [-0.15, -0.1) is 6.42 Å². The highest BCUT2D eigenvalue weighted by Crippen LogP contribution is 2.07. The van der Waals surface area contributed by atoms with Crippen molar-refractivity contribution in [3.63, 3.8) is 0 Å². The van der Waals surface area contributed by atoms with E-state index in [2.05, 4.69) is 21.5 Å². The molecule has 0 radical (unpaired) electrons. The molecule has 1 amide bonds. The van der Waals surface area contributed by atoms with Gasteiger partial charge in [-0.2, -0.15) is 0 Å². The molecule has 1 rings (SSSR count). The van der Waals surface area contributed by atoms with E-state index < -0.39 is 0 Å². The fourth-order valence-electron chi connectivity index (χ4n) is 1.62. The number of carbonyl (C=O) groups excluding carboxylic acids is 1. The number of likely N-dealkylation sites (tertiary alicyclic amines) is 1. The van der Waals surface area contributed by atoms with Gasteiger partial charge in [0.05, 0.1) is 13.1 Å². The minimum atomic E-state index is 0.0136. The number of hydrogen-bond donors (Lipinski definition) is 2. The van der Waals surface area contributed by atoms with Gasteiger partial charge >= 0.3 is 0 Å². The average Bonchev–Trinajstić information content (AvgIpc) is 2.62. The van der Waals surface area contributed by atoms with Crippen molar-refractivity contribution >= 4 is 5.91 Å². The van der Waals surface area contributed by atoms with Crippen LogP contribution >= 0.6 is 0 Å². The average molecular weight is 195 g/mol. The Kier molecular flexibility index (Phi) is 4.44. The predicted molar refractivity (Wildman–Crippen MR) is 55.7 cm³/mol. The first-order valence-electron chi connectivity index (χ1n) is 4.86. The summed E-state index contributed by atoms with van der Waals surface area (Å²) in [5.41, 5.74) is 0. The minimum Gasteiger partial charge on any atom is -0.344 e. The molecule has 1 aliphatic rings. The van der Waals surface area contributed by atoms with Gasteiger partial charge in [0.25, 0.3) is 0 Å². The summed E-state index contributed by atoms with van der Waals surface area (Å²) in [7, 11) is 1.95. The maximum absolute atomic E-state index is 11.3. The van der Waals surface area contributed by atoms with Crippen LogP contribution < -0.4 is 10.6 Å². The maximum Gasteiger partial charge on any atom is 0.234 e. The molecule has 1 fully saturated rings. The van der Waals surface area contributed by atoms with Crippen LogP contribution in [0.25, 0.3) is 0 Å². The van der Waals surface area contributed by atoms with Crippen molar-refractivity contribution in [1.29, 1.82) is 0 Å². The van der Waals surface area contributed by atoms with Crippen LogP contribution in [0.2, 0.25) is 0 Å². The van der Waals surface area contributed by atoms with E-state index in [1.807, 2.05) is 7.05 Å². The third-order valence-corrected chi connectivity index (χ3v) is 2.44. The van der Waals surface area contributed by atoms with Crippen molar-refractivity contribution in [2.75, 3.05) is 33.2 Å². The molecule has 1 heterocycles. The molecule has 2 N–H and O–H groups in total. The van der Waals surface area contributed by atoms with Gasteiger partial charge in [-0.1, -0.05) is 5.92 Å². The summed E-state index contributed by atoms with van der Waals surface area (Å²) >= 11 is 0. The van der Waals surface area contributed by atoms with Crippen molar-refractivity contribution in [1.82, 2.24) is 15.5 Å². The Morgan fingerprint density at radius 3 is 3.07 bits per heavy atom. The summed E-state index contributed by atoms with van der Waals surface area (Å²) < 4.78 is 0. The molecule has 4 heteroatoms. The third-order valence-electron chi connectivity index (χ3n) is 2.44. The van der Waals surface area contributed by atoms with E-state index in [-0.39, 0.29) is 5.91 Å². The molecule has 0 bridgehead atoms. The summed E-state index contributed by atoms with van der Waals surface area (Å²) in [5.74, 6) is 2.39. The fourth-order valence-corrected chi connectivity index (χ4v) is 1.62. The maximum atomic E-state index is 11.3. The Hall–Kier alpha value is -1.05. The molecular weight excluding hydrogens is 178 g/mol. The Morgan fingerprint density at radius 1 is 1.71 bits per heavy atom. The minimum absolute atomic E-state index is 0.0136. The number of nitrogens with one attached hydrogen (secondary N) is 2. The molecule has 0 aromatic carbocycles. The predicted octanol–water partition coefficient (Wildman–Crippen LogP) is -0.970. The van der Waals surface area contributed by atoms with E-state index in [0.29, 0.717) is 19.1 Å². The van der Waals surface area contributed by atoms with E-state index >= 15 is 0 Å². The highest BCUT2D eigenvalue weighted by molar-refractivity contribution is 5.78. The summed E-state index contributed by atoms with van der Waals surface area (Å²) in [5, 5.41) is 5.86. The second-order valence-corrected chi connectivity index (χ2v) is 3.49. The van der Waals surface area contributed by atoms with Crippen molar-refractivity contribution in [3.8, 4) is 12.3 Å². The van der Waals surface area contributed by atoms with Gasteiger partial charge in [-0.25, -0.2) is 0 Å². The first-order chi connectivity index (χ1) is 6.76.